The number of carbonyl (C=O) groups is 2. The lowest BCUT2D eigenvalue weighted by molar-refractivity contribution is -0.305. The second-order valence-corrected chi connectivity index (χ2v) is 20.0. The van der Waals surface area contributed by atoms with Gasteiger partial charge in [-0.3, -0.25) is 9.59 Å². The standard InChI is InChI=1S/C61H107NO10/c1-4-7-10-13-16-19-22-25-26-27-28-29-30-31-34-37-40-43-46-49-56(66)72-59-58(68)57(67)55(50-63)71-61(59)70-51-52(53(64)47-44-41-38-35-32-23-20-17-14-11-8-5-2)62-60(69)54(65)48-45-42-39-36-33-24-21-18-15-12-9-6-3/h7,10,16,19,25-26,28-29,31,34,44,47,52-55,57-59,61,63-65,67-68H,4-6,8-9,11-15,17-18,20-24,27,30,32-33,35-43,45-46,48-51H2,1-3H3,(H,62,69)/b10-7-,19-16-,26-25-,29-28-,34-31-,47-44+. The van der Waals surface area contributed by atoms with E-state index in [0.29, 0.717) is 12.8 Å². The molecule has 0 bridgehead atoms. The molecule has 11 heteroatoms. The van der Waals surface area contributed by atoms with E-state index in [1.165, 1.54) is 103 Å². The van der Waals surface area contributed by atoms with Gasteiger partial charge in [0, 0.05) is 6.42 Å². The molecular weight excluding hydrogens is 907 g/mol. The van der Waals surface area contributed by atoms with Crippen molar-refractivity contribution >= 4 is 11.9 Å². The first kappa shape index (κ1) is 67.1. The smallest absolute Gasteiger partial charge is 0.306 e. The van der Waals surface area contributed by atoms with Crippen LogP contribution in [-0.2, 0) is 23.8 Å². The van der Waals surface area contributed by atoms with Gasteiger partial charge in [-0.2, -0.15) is 0 Å². The number of hydrogen-bond acceptors (Lipinski definition) is 10. The van der Waals surface area contributed by atoms with Crippen molar-refractivity contribution in [3.05, 3.63) is 72.9 Å². The molecule has 416 valence electrons. The lowest BCUT2D eigenvalue weighted by Gasteiger charge is -2.41. The number of allylic oxidation sites excluding steroid dienone is 11. The topological polar surface area (TPSA) is 175 Å². The van der Waals surface area contributed by atoms with Crippen LogP contribution < -0.4 is 5.32 Å². The molecule has 1 heterocycles. The van der Waals surface area contributed by atoms with Crippen LogP contribution in [0.15, 0.2) is 72.9 Å². The van der Waals surface area contributed by atoms with Crippen LogP contribution in [0.25, 0.3) is 0 Å². The monoisotopic (exact) mass is 1010 g/mol. The average Bonchev–Trinajstić information content (AvgIpc) is 3.38. The van der Waals surface area contributed by atoms with Gasteiger partial charge in [-0.25, -0.2) is 0 Å². The summed E-state index contributed by atoms with van der Waals surface area (Å²) in [6.07, 6.45) is 50.8. The third-order valence-electron chi connectivity index (χ3n) is 13.4. The van der Waals surface area contributed by atoms with E-state index in [4.69, 9.17) is 14.2 Å². The van der Waals surface area contributed by atoms with Gasteiger partial charge in [0.05, 0.1) is 25.4 Å². The first-order chi connectivity index (χ1) is 35.2. The van der Waals surface area contributed by atoms with Gasteiger partial charge in [0.2, 0.25) is 5.91 Å². The molecule has 1 aliphatic rings. The van der Waals surface area contributed by atoms with E-state index in [1.807, 2.05) is 6.08 Å². The van der Waals surface area contributed by atoms with Crippen molar-refractivity contribution in [1.29, 1.82) is 0 Å². The largest absolute Gasteiger partial charge is 0.454 e. The normalized spacial score (nSPS) is 20.0. The maximum absolute atomic E-state index is 13.4. The molecule has 6 N–H and O–H groups in total. The zero-order valence-electron chi connectivity index (χ0n) is 45.8. The maximum atomic E-state index is 13.4. The number of rotatable bonds is 48. The molecule has 1 fully saturated rings. The van der Waals surface area contributed by atoms with Gasteiger partial charge in [-0.15, -0.1) is 0 Å². The van der Waals surface area contributed by atoms with Gasteiger partial charge in [-0.1, -0.05) is 235 Å². The molecule has 8 unspecified atom stereocenters. The molecule has 0 radical (unpaired) electrons. The van der Waals surface area contributed by atoms with Gasteiger partial charge >= 0.3 is 5.97 Å². The Balaban J connectivity index is 2.73. The minimum absolute atomic E-state index is 0.0828. The lowest BCUT2D eigenvalue weighted by Crippen LogP contribution is -2.61. The van der Waals surface area contributed by atoms with E-state index < -0.39 is 67.4 Å². The first-order valence-electron chi connectivity index (χ1n) is 29.2. The molecule has 0 saturated carbocycles. The molecule has 1 aliphatic heterocycles. The number of aliphatic hydroxyl groups is 5. The van der Waals surface area contributed by atoms with E-state index >= 15 is 0 Å². The molecule has 8 atom stereocenters. The van der Waals surface area contributed by atoms with E-state index in [2.05, 4.69) is 86.8 Å². The van der Waals surface area contributed by atoms with Gasteiger partial charge < -0.3 is 45.1 Å². The van der Waals surface area contributed by atoms with Crippen LogP contribution in [0.2, 0.25) is 0 Å². The number of amides is 1. The Kier molecular flexibility index (Phi) is 45.7. The van der Waals surface area contributed by atoms with Gasteiger partial charge in [0.25, 0.3) is 0 Å². The molecule has 1 saturated heterocycles. The quantitative estimate of drug-likeness (QED) is 0.0195. The number of aliphatic hydroxyl groups excluding tert-OH is 5. The fourth-order valence-electron chi connectivity index (χ4n) is 8.74. The summed E-state index contributed by atoms with van der Waals surface area (Å²) >= 11 is 0. The molecular formula is C61H107NO10. The Hall–Kier alpha value is -2.90. The van der Waals surface area contributed by atoms with Crippen LogP contribution in [-0.4, -0.2) is 99.6 Å². The molecule has 1 amide bonds. The SMILES string of the molecule is CC/C=C\C/C=C\C/C=C\C/C=C\C/C=C\CCCCCC(=O)OC1C(OCC(NC(=O)C(O)CCCCCCCCCCCCCC)C(O)/C=C/CCCCCCCCCCCC)OC(CO)C(O)C1O. The summed E-state index contributed by atoms with van der Waals surface area (Å²) in [6.45, 7) is 5.64. The summed E-state index contributed by atoms with van der Waals surface area (Å²) < 4.78 is 17.5. The summed E-state index contributed by atoms with van der Waals surface area (Å²) in [7, 11) is 0. The zero-order valence-corrected chi connectivity index (χ0v) is 45.8. The van der Waals surface area contributed by atoms with E-state index in [1.54, 1.807) is 6.08 Å². The zero-order chi connectivity index (χ0) is 52.5. The van der Waals surface area contributed by atoms with Crippen LogP contribution >= 0.6 is 0 Å². The Bertz CT molecular complexity index is 1440. The minimum atomic E-state index is -1.63. The van der Waals surface area contributed by atoms with Crippen molar-refractivity contribution in [1.82, 2.24) is 5.32 Å². The number of carbonyl (C=O) groups excluding carboxylic acids is 2. The number of nitrogens with one attached hydrogen (secondary N) is 1. The fourth-order valence-corrected chi connectivity index (χ4v) is 8.74. The third-order valence-corrected chi connectivity index (χ3v) is 13.4. The van der Waals surface area contributed by atoms with Gasteiger partial charge in [-0.05, 0) is 70.6 Å². The predicted octanol–water partition coefficient (Wildman–Crippen LogP) is 13.2. The van der Waals surface area contributed by atoms with Crippen molar-refractivity contribution in [2.75, 3.05) is 13.2 Å². The van der Waals surface area contributed by atoms with E-state index in [-0.39, 0.29) is 19.4 Å². The van der Waals surface area contributed by atoms with Crippen LogP contribution in [0.3, 0.4) is 0 Å². The third kappa shape index (κ3) is 36.9. The van der Waals surface area contributed by atoms with Crippen molar-refractivity contribution in [3.8, 4) is 0 Å². The van der Waals surface area contributed by atoms with Crippen LogP contribution in [0, 0.1) is 0 Å². The minimum Gasteiger partial charge on any atom is -0.454 e. The highest BCUT2D eigenvalue weighted by atomic mass is 16.7. The van der Waals surface area contributed by atoms with Crippen molar-refractivity contribution in [2.45, 2.75) is 288 Å². The second kappa shape index (κ2) is 49.0. The first-order valence-corrected chi connectivity index (χ1v) is 29.2. The highest BCUT2D eigenvalue weighted by molar-refractivity contribution is 5.80. The molecule has 72 heavy (non-hydrogen) atoms. The van der Waals surface area contributed by atoms with Crippen molar-refractivity contribution in [3.63, 3.8) is 0 Å². The van der Waals surface area contributed by atoms with Crippen LogP contribution in [0.4, 0.5) is 0 Å². The fraction of sp³-hybridized carbons (Fsp3) is 0.770. The number of esters is 1. The highest BCUT2D eigenvalue weighted by Crippen LogP contribution is 2.26. The predicted molar refractivity (Wildman–Crippen MR) is 296 cm³/mol. The van der Waals surface area contributed by atoms with Crippen molar-refractivity contribution < 1.29 is 49.3 Å². The van der Waals surface area contributed by atoms with E-state index in [9.17, 15) is 35.1 Å². The number of unbranched alkanes of at least 4 members (excludes halogenated alkanes) is 24. The molecule has 0 aromatic carbocycles. The molecule has 0 aliphatic carbocycles. The Morgan fingerprint density at radius 3 is 1.50 bits per heavy atom. The maximum Gasteiger partial charge on any atom is 0.306 e. The summed E-state index contributed by atoms with van der Waals surface area (Å²) in [5.41, 5.74) is 0. The Morgan fingerprint density at radius 1 is 0.556 bits per heavy atom. The number of ether oxygens (including phenoxy) is 3. The van der Waals surface area contributed by atoms with Crippen LogP contribution in [0.1, 0.15) is 239 Å². The summed E-state index contributed by atoms with van der Waals surface area (Å²) in [6, 6.07) is -1.03. The van der Waals surface area contributed by atoms with Crippen molar-refractivity contribution in [2.24, 2.45) is 0 Å². The second-order valence-electron chi connectivity index (χ2n) is 20.0. The van der Waals surface area contributed by atoms with Crippen LogP contribution in [0.5, 0.6) is 0 Å². The average molecular weight is 1010 g/mol. The summed E-state index contributed by atoms with van der Waals surface area (Å²) in [5, 5.41) is 56.8. The molecule has 0 aromatic heterocycles. The lowest BCUT2D eigenvalue weighted by atomic mass is 9.99. The molecule has 0 spiro atoms. The van der Waals surface area contributed by atoms with Gasteiger partial charge in [0.15, 0.2) is 12.4 Å². The highest BCUT2D eigenvalue weighted by Gasteiger charge is 2.47. The Labute approximate surface area is 439 Å². The van der Waals surface area contributed by atoms with Gasteiger partial charge in [0.1, 0.15) is 24.4 Å². The molecule has 0 aromatic rings. The summed E-state index contributed by atoms with van der Waals surface area (Å²) in [4.78, 5) is 26.4. The molecule has 11 nitrogen and oxygen atoms in total. The Morgan fingerprint density at radius 2 is 1.00 bits per heavy atom. The molecule has 1 rings (SSSR count). The van der Waals surface area contributed by atoms with E-state index in [0.717, 1.165) is 89.9 Å². The number of hydrogen-bond donors (Lipinski definition) is 6. The summed E-state index contributed by atoms with van der Waals surface area (Å²) in [5.74, 6) is -1.23.